The number of hydrogen-bond acceptors (Lipinski definition) is 8. The highest BCUT2D eigenvalue weighted by molar-refractivity contribution is 5.95. The van der Waals surface area contributed by atoms with E-state index in [2.05, 4.69) is 6.92 Å². The molecule has 2 bridgehead atoms. The summed E-state index contributed by atoms with van der Waals surface area (Å²) in [6.07, 6.45) is 5.57. The predicted molar refractivity (Wildman–Crippen MR) is 123 cm³/mol. The number of ether oxygens (including phenoxy) is 6. The minimum Gasteiger partial charge on any atom is -0.457 e. The summed E-state index contributed by atoms with van der Waals surface area (Å²) in [7, 11) is 3.16. The number of carbonyl (C=O) groups excluding carboxylic acids is 2. The number of methoxy groups -OCH3 is 2. The topological polar surface area (TPSA) is 89.5 Å². The van der Waals surface area contributed by atoms with Crippen molar-refractivity contribution in [3.05, 3.63) is 23.3 Å². The van der Waals surface area contributed by atoms with Gasteiger partial charge in [0.2, 0.25) is 0 Å². The average molecular weight is 469 g/mol. The lowest BCUT2D eigenvalue weighted by molar-refractivity contribution is -0.268. The monoisotopic (exact) mass is 468 g/mol. The molecule has 33 heavy (non-hydrogen) atoms. The Morgan fingerprint density at radius 3 is 2.18 bits per heavy atom. The van der Waals surface area contributed by atoms with E-state index in [0.717, 1.165) is 24.8 Å². The van der Waals surface area contributed by atoms with Crippen molar-refractivity contribution in [2.45, 2.75) is 96.2 Å². The summed E-state index contributed by atoms with van der Waals surface area (Å²) in [5.74, 6) is -0.614. The second-order valence-corrected chi connectivity index (χ2v) is 9.41. The lowest BCUT2D eigenvalue weighted by Gasteiger charge is -2.49. The van der Waals surface area contributed by atoms with Crippen molar-refractivity contribution >= 4 is 11.8 Å². The first-order valence-electron chi connectivity index (χ1n) is 11.5. The second kappa shape index (κ2) is 12.2. The molecule has 0 radical (unpaired) electrons. The summed E-state index contributed by atoms with van der Waals surface area (Å²) in [5, 5.41) is 0. The summed E-state index contributed by atoms with van der Waals surface area (Å²) >= 11 is 0. The third-order valence-electron chi connectivity index (χ3n) is 6.61. The van der Waals surface area contributed by atoms with Crippen LogP contribution in [0.1, 0.15) is 66.7 Å². The first kappa shape index (κ1) is 27.7. The molecular weight excluding hydrogens is 428 g/mol. The van der Waals surface area contributed by atoms with Crippen LogP contribution >= 0.6 is 0 Å². The molecule has 0 aromatic rings. The van der Waals surface area contributed by atoms with Gasteiger partial charge in [-0.1, -0.05) is 17.7 Å². The van der Waals surface area contributed by atoms with Crippen LogP contribution in [0, 0.1) is 0 Å². The quantitative estimate of drug-likeness (QED) is 0.392. The van der Waals surface area contributed by atoms with E-state index in [1.807, 2.05) is 19.9 Å². The van der Waals surface area contributed by atoms with Crippen molar-refractivity contribution in [2.75, 3.05) is 27.8 Å². The summed E-state index contributed by atoms with van der Waals surface area (Å²) in [6.45, 7) is 9.05. The maximum atomic E-state index is 12.5. The Balaban J connectivity index is 2.52. The van der Waals surface area contributed by atoms with Gasteiger partial charge in [0.1, 0.15) is 19.7 Å². The van der Waals surface area contributed by atoms with Crippen LogP contribution in [-0.2, 0) is 38.0 Å². The molecule has 0 amide bonds. The zero-order valence-corrected chi connectivity index (χ0v) is 21.1. The molecule has 0 N–H and O–H groups in total. The van der Waals surface area contributed by atoms with Crippen LogP contribution in [0.25, 0.3) is 0 Å². The molecule has 0 spiro atoms. The summed E-state index contributed by atoms with van der Waals surface area (Å²) in [5.41, 5.74) is 0.144. The van der Waals surface area contributed by atoms with Gasteiger partial charge in [-0.15, -0.1) is 0 Å². The summed E-state index contributed by atoms with van der Waals surface area (Å²) in [6, 6.07) is 0. The third kappa shape index (κ3) is 7.45. The van der Waals surface area contributed by atoms with E-state index in [4.69, 9.17) is 28.4 Å². The van der Waals surface area contributed by atoms with Gasteiger partial charge in [0.05, 0.1) is 23.4 Å². The van der Waals surface area contributed by atoms with Crippen LogP contribution in [0.5, 0.6) is 0 Å². The van der Waals surface area contributed by atoms with E-state index in [0.29, 0.717) is 12.0 Å². The van der Waals surface area contributed by atoms with Crippen molar-refractivity contribution in [3.63, 3.8) is 0 Å². The van der Waals surface area contributed by atoms with Gasteiger partial charge in [-0.25, -0.2) is 0 Å². The normalized spacial score (nSPS) is 36.4. The molecule has 8 nitrogen and oxygen atoms in total. The molecule has 1 saturated heterocycles. The number of allylic oxidation sites excluding steroid dienone is 3. The van der Waals surface area contributed by atoms with Crippen molar-refractivity contribution in [1.82, 2.24) is 0 Å². The molecule has 8 heteroatoms. The smallest absolute Gasteiger partial charge is 0.303 e. The lowest BCUT2D eigenvalue weighted by Crippen LogP contribution is -2.57. The molecule has 2 rings (SSSR count). The zero-order chi connectivity index (χ0) is 24.6. The Hall–Kier alpha value is -1.58. The number of ketones is 1. The van der Waals surface area contributed by atoms with Gasteiger partial charge in [-0.2, -0.15) is 0 Å². The van der Waals surface area contributed by atoms with Crippen LogP contribution in [0.2, 0.25) is 0 Å². The fraction of sp³-hybridized carbons (Fsp3) is 0.760. The Morgan fingerprint density at radius 2 is 1.61 bits per heavy atom. The van der Waals surface area contributed by atoms with Crippen LogP contribution in [0.15, 0.2) is 23.3 Å². The Kier molecular flexibility index (Phi) is 10.2. The largest absolute Gasteiger partial charge is 0.457 e. The Bertz CT molecular complexity index is 745. The molecule has 2 aliphatic rings. The van der Waals surface area contributed by atoms with Gasteiger partial charge in [0.25, 0.3) is 0 Å². The highest BCUT2D eigenvalue weighted by atomic mass is 16.7. The first-order valence-corrected chi connectivity index (χ1v) is 11.5. The molecule has 2 heterocycles. The predicted octanol–water partition coefficient (Wildman–Crippen LogP) is 3.87. The maximum absolute atomic E-state index is 12.5. The van der Waals surface area contributed by atoms with Crippen molar-refractivity contribution in [2.24, 2.45) is 0 Å². The van der Waals surface area contributed by atoms with E-state index < -0.39 is 23.3 Å². The van der Waals surface area contributed by atoms with E-state index in [1.54, 1.807) is 20.3 Å². The molecule has 0 aromatic carbocycles. The molecule has 0 aliphatic carbocycles. The van der Waals surface area contributed by atoms with Crippen molar-refractivity contribution in [3.8, 4) is 0 Å². The summed E-state index contributed by atoms with van der Waals surface area (Å²) in [4.78, 5) is 24.5. The third-order valence-corrected chi connectivity index (χ3v) is 6.61. The molecule has 1 fully saturated rings. The van der Waals surface area contributed by atoms with Crippen LogP contribution in [-0.4, -0.2) is 69.1 Å². The fourth-order valence-corrected chi connectivity index (χ4v) is 4.56. The molecular formula is C25H40O8. The van der Waals surface area contributed by atoms with E-state index in [1.165, 1.54) is 13.8 Å². The molecule has 2 aliphatic heterocycles. The minimum absolute atomic E-state index is 0.0450. The number of carbonyl (C=O) groups is 2. The van der Waals surface area contributed by atoms with Crippen LogP contribution in [0.4, 0.5) is 0 Å². The van der Waals surface area contributed by atoms with Crippen molar-refractivity contribution < 1.29 is 38.0 Å². The van der Waals surface area contributed by atoms with E-state index in [-0.39, 0.29) is 38.0 Å². The van der Waals surface area contributed by atoms with Gasteiger partial charge in [-0.05, 0) is 53.4 Å². The summed E-state index contributed by atoms with van der Waals surface area (Å²) < 4.78 is 34.9. The van der Waals surface area contributed by atoms with E-state index >= 15 is 0 Å². The minimum atomic E-state index is -0.872. The van der Waals surface area contributed by atoms with Crippen LogP contribution in [0.3, 0.4) is 0 Å². The molecule has 0 unspecified atom stereocenters. The Labute approximate surface area is 197 Å². The van der Waals surface area contributed by atoms with E-state index in [9.17, 15) is 9.59 Å². The zero-order valence-electron chi connectivity index (χ0n) is 21.1. The highest BCUT2D eigenvalue weighted by Gasteiger charge is 2.49. The Morgan fingerprint density at radius 1 is 1.00 bits per heavy atom. The number of esters is 1. The fourth-order valence-electron chi connectivity index (χ4n) is 4.56. The average Bonchev–Trinajstić information content (AvgIpc) is 2.74. The van der Waals surface area contributed by atoms with Gasteiger partial charge in [0, 0.05) is 33.1 Å². The van der Waals surface area contributed by atoms with Gasteiger partial charge >= 0.3 is 5.97 Å². The SMILES string of the molecule is COCO[C@]1(C)C[C@@H](OC(C)=O)/C(C(C)=O)=C\C=C(/C)CC[C@H]2O[C@H]1CC[C@]2(C)OCOC. The number of Topliss-reactive ketones (excluding diaryl/α,β-unsaturated/α-hetero) is 1. The number of rotatable bonds is 8. The second-order valence-electron chi connectivity index (χ2n) is 9.41. The highest BCUT2D eigenvalue weighted by Crippen LogP contribution is 2.41. The van der Waals surface area contributed by atoms with Gasteiger partial charge in [-0.3, -0.25) is 9.59 Å². The lowest BCUT2D eigenvalue weighted by atomic mass is 9.78. The molecule has 0 saturated carbocycles. The van der Waals surface area contributed by atoms with Gasteiger partial charge in [0.15, 0.2) is 5.78 Å². The van der Waals surface area contributed by atoms with Crippen molar-refractivity contribution in [1.29, 1.82) is 0 Å². The first-order chi connectivity index (χ1) is 15.5. The van der Waals surface area contributed by atoms with Gasteiger partial charge < -0.3 is 28.4 Å². The molecule has 188 valence electrons. The van der Waals surface area contributed by atoms with Crippen LogP contribution < -0.4 is 0 Å². The molecule has 0 aromatic heterocycles. The maximum Gasteiger partial charge on any atom is 0.303 e. The molecule has 5 atom stereocenters. The number of fused-ring (bicyclic) bond motifs is 2. The standard InChI is InChI=1S/C25H40O8/c1-17-8-10-20(18(2)26)21(32-19(3)27)14-25(5,31-16-29-7)23-12-13-24(4,30-15-28-6)22(33-23)11-9-17/h8,10,21-23H,9,11-16H2,1-7H3/b17-8+,20-10-/t21-,22-,23+,24+,25-/m1/s1. The number of hydrogen-bond donors (Lipinski definition) is 0.